The van der Waals surface area contributed by atoms with E-state index in [-0.39, 0.29) is 5.41 Å². The monoisotopic (exact) mass is 287 g/mol. The summed E-state index contributed by atoms with van der Waals surface area (Å²) in [5.41, 5.74) is 0.755. The quantitative estimate of drug-likeness (QED) is 0.853. The fourth-order valence-corrected chi connectivity index (χ4v) is 3.85. The van der Waals surface area contributed by atoms with Gasteiger partial charge in [-0.25, -0.2) is 0 Å². The molecule has 0 N–H and O–H groups in total. The van der Waals surface area contributed by atoms with Gasteiger partial charge in [0, 0.05) is 18.7 Å². The molecule has 1 aliphatic heterocycles. The maximum absolute atomic E-state index is 13.2. The Labute approximate surface area is 127 Å². The van der Waals surface area contributed by atoms with E-state index in [1.165, 1.54) is 6.42 Å². The van der Waals surface area contributed by atoms with Crippen molar-refractivity contribution in [2.45, 2.75) is 44.4 Å². The van der Waals surface area contributed by atoms with Crippen molar-refractivity contribution >= 4 is 5.91 Å². The minimum Gasteiger partial charge on any atom is -0.496 e. The second-order valence-electron chi connectivity index (χ2n) is 6.63. The molecular weight excluding hydrogens is 262 g/mol. The van der Waals surface area contributed by atoms with Gasteiger partial charge in [-0.05, 0) is 37.7 Å². The number of hydrogen-bond acceptors (Lipinski definition) is 2. The number of piperidine rings is 1. The molecule has 1 aromatic carbocycles. The topological polar surface area (TPSA) is 29.5 Å². The van der Waals surface area contributed by atoms with Gasteiger partial charge in [0.15, 0.2) is 0 Å². The third-order valence-corrected chi connectivity index (χ3v) is 5.18. The Kier molecular flexibility index (Phi) is 3.92. The van der Waals surface area contributed by atoms with Gasteiger partial charge >= 0.3 is 0 Å². The van der Waals surface area contributed by atoms with Crippen molar-refractivity contribution < 1.29 is 9.53 Å². The highest BCUT2D eigenvalue weighted by Gasteiger charge is 2.49. The summed E-state index contributed by atoms with van der Waals surface area (Å²) in [6.45, 7) is 4.08. The van der Waals surface area contributed by atoms with Crippen molar-refractivity contribution in [1.82, 2.24) is 4.90 Å². The zero-order chi connectivity index (χ0) is 14.9. The smallest absolute Gasteiger partial charge is 0.233 e. The number of carbonyl (C=O) groups is 1. The number of hydrogen-bond donors (Lipinski definition) is 0. The molecule has 1 amide bonds. The van der Waals surface area contributed by atoms with Crippen LogP contribution in [0.2, 0.25) is 0 Å². The highest BCUT2D eigenvalue weighted by molar-refractivity contribution is 5.90. The molecule has 1 heterocycles. The first-order valence-corrected chi connectivity index (χ1v) is 8.10. The lowest BCUT2D eigenvalue weighted by atomic mass is 9.63. The Balaban J connectivity index is 1.91. The average Bonchev–Trinajstić information content (AvgIpc) is 2.46. The molecule has 1 unspecified atom stereocenters. The number of ether oxygens (including phenoxy) is 1. The molecule has 3 rings (SSSR count). The molecule has 3 nitrogen and oxygen atoms in total. The van der Waals surface area contributed by atoms with Gasteiger partial charge in [0.05, 0.1) is 12.5 Å². The number of amides is 1. The first-order chi connectivity index (χ1) is 10.2. The number of benzene rings is 1. The third-order valence-electron chi connectivity index (χ3n) is 5.18. The first-order valence-electron chi connectivity index (χ1n) is 8.10. The van der Waals surface area contributed by atoms with Crippen LogP contribution in [0.15, 0.2) is 24.3 Å². The maximum Gasteiger partial charge on any atom is 0.233 e. The van der Waals surface area contributed by atoms with Gasteiger partial charge in [-0.15, -0.1) is 0 Å². The van der Waals surface area contributed by atoms with E-state index in [1.807, 2.05) is 18.2 Å². The van der Waals surface area contributed by atoms with Crippen LogP contribution >= 0.6 is 0 Å². The van der Waals surface area contributed by atoms with Gasteiger partial charge in [-0.3, -0.25) is 4.79 Å². The minimum absolute atomic E-state index is 0.324. The first kappa shape index (κ1) is 14.4. The second-order valence-corrected chi connectivity index (χ2v) is 6.63. The van der Waals surface area contributed by atoms with Gasteiger partial charge in [0.1, 0.15) is 5.75 Å². The van der Waals surface area contributed by atoms with Crippen molar-refractivity contribution in [3.63, 3.8) is 0 Å². The predicted molar refractivity (Wildman–Crippen MR) is 83.5 cm³/mol. The van der Waals surface area contributed by atoms with Crippen LogP contribution in [-0.2, 0) is 10.2 Å². The van der Waals surface area contributed by atoms with Crippen LogP contribution < -0.4 is 4.74 Å². The Morgan fingerprint density at radius 2 is 2.05 bits per heavy atom. The molecule has 0 bridgehead atoms. The minimum atomic E-state index is -0.330. The van der Waals surface area contributed by atoms with Gasteiger partial charge < -0.3 is 9.64 Å². The lowest BCUT2D eigenvalue weighted by molar-refractivity contribution is -0.142. The van der Waals surface area contributed by atoms with E-state index in [4.69, 9.17) is 4.74 Å². The fraction of sp³-hybridized carbons (Fsp3) is 0.611. The van der Waals surface area contributed by atoms with E-state index >= 15 is 0 Å². The standard InChI is InChI=1S/C18H25NO2/c1-14-7-5-12-19(13-14)17(20)18(10-6-11-18)15-8-3-4-9-16(15)21-2/h3-4,8-9,14H,5-7,10-13H2,1-2H3. The summed E-state index contributed by atoms with van der Waals surface area (Å²) < 4.78 is 5.52. The Hall–Kier alpha value is -1.51. The van der Waals surface area contributed by atoms with Crippen molar-refractivity contribution in [1.29, 1.82) is 0 Å². The van der Waals surface area contributed by atoms with Crippen LogP contribution in [0.5, 0.6) is 5.75 Å². The van der Waals surface area contributed by atoms with Crippen LogP contribution in [0.4, 0.5) is 0 Å². The molecule has 2 fully saturated rings. The number of carbonyl (C=O) groups excluding carboxylic acids is 1. The van der Waals surface area contributed by atoms with Gasteiger partial charge in [0.2, 0.25) is 5.91 Å². The van der Waals surface area contributed by atoms with E-state index in [1.54, 1.807) is 7.11 Å². The summed E-state index contributed by atoms with van der Waals surface area (Å²) in [6, 6.07) is 8.04. The molecule has 1 aliphatic carbocycles. The molecule has 2 aliphatic rings. The Morgan fingerprint density at radius 3 is 2.67 bits per heavy atom. The lowest BCUT2D eigenvalue weighted by Crippen LogP contribution is -2.53. The molecule has 1 atom stereocenters. The van der Waals surface area contributed by atoms with Crippen LogP contribution in [0.3, 0.4) is 0 Å². The fourth-order valence-electron chi connectivity index (χ4n) is 3.85. The number of para-hydroxylation sites is 1. The lowest BCUT2D eigenvalue weighted by Gasteiger charge is -2.46. The molecule has 0 aromatic heterocycles. The maximum atomic E-state index is 13.2. The summed E-state index contributed by atoms with van der Waals surface area (Å²) in [6.07, 6.45) is 5.42. The molecule has 1 saturated heterocycles. The summed E-state index contributed by atoms with van der Waals surface area (Å²) in [5.74, 6) is 1.80. The SMILES string of the molecule is COc1ccccc1C1(C(=O)N2CCCC(C)C2)CCC1. The van der Waals surface area contributed by atoms with E-state index < -0.39 is 0 Å². The molecule has 0 spiro atoms. The van der Waals surface area contributed by atoms with E-state index in [0.29, 0.717) is 11.8 Å². The van der Waals surface area contributed by atoms with Crippen LogP contribution in [0.25, 0.3) is 0 Å². The van der Waals surface area contributed by atoms with E-state index in [0.717, 1.165) is 50.1 Å². The number of nitrogens with zero attached hydrogens (tertiary/aromatic N) is 1. The normalized spacial score (nSPS) is 24.3. The van der Waals surface area contributed by atoms with Gasteiger partial charge in [-0.1, -0.05) is 31.5 Å². The third kappa shape index (κ3) is 2.43. The van der Waals surface area contributed by atoms with Crippen LogP contribution in [0, 0.1) is 5.92 Å². The predicted octanol–water partition coefficient (Wildman–Crippen LogP) is 3.38. The summed E-state index contributed by atoms with van der Waals surface area (Å²) >= 11 is 0. The Bertz CT molecular complexity index is 522. The van der Waals surface area contributed by atoms with E-state index in [2.05, 4.69) is 17.9 Å². The number of rotatable bonds is 3. The average molecular weight is 287 g/mol. The van der Waals surface area contributed by atoms with Gasteiger partial charge in [0.25, 0.3) is 0 Å². The molecule has 3 heteroatoms. The highest BCUT2D eigenvalue weighted by atomic mass is 16.5. The zero-order valence-electron chi connectivity index (χ0n) is 13.1. The van der Waals surface area contributed by atoms with E-state index in [9.17, 15) is 4.79 Å². The van der Waals surface area contributed by atoms with Crippen molar-refractivity contribution in [3.8, 4) is 5.75 Å². The Morgan fingerprint density at radius 1 is 1.29 bits per heavy atom. The second kappa shape index (κ2) is 5.70. The van der Waals surface area contributed by atoms with Crippen LogP contribution in [0.1, 0.15) is 44.6 Å². The largest absolute Gasteiger partial charge is 0.496 e. The highest BCUT2D eigenvalue weighted by Crippen LogP contribution is 2.48. The summed E-state index contributed by atoms with van der Waals surface area (Å²) in [5, 5.41) is 0. The molecule has 1 aromatic rings. The summed E-state index contributed by atoms with van der Waals surface area (Å²) in [4.78, 5) is 15.3. The number of likely N-dealkylation sites (tertiary alicyclic amines) is 1. The zero-order valence-corrected chi connectivity index (χ0v) is 13.1. The molecule has 21 heavy (non-hydrogen) atoms. The molecule has 0 radical (unpaired) electrons. The van der Waals surface area contributed by atoms with Crippen molar-refractivity contribution in [3.05, 3.63) is 29.8 Å². The van der Waals surface area contributed by atoms with Gasteiger partial charge in [-0.2, -0.15) is 0 Å². The van der Waals surface area contributed by atoms with Crippen LogP contribution in [-0.4, -0.2) is 31.0 Å². The number of methoxy groups -OCH3 is 1. The summed E-state index contributed by atoms with van der Waals surface area (Å²) in [7, 11) is 1.69. The van der Waals surface area contributed by atoms with Crippen molar-refractivity contribution in [2.75, 3.05) is 20.2 Å². The molecule has 114 valence electrons. The molecular formula is C18H25NO2. The molecule has 1 saturated carbocycles. The van der Waals surface area contributed by atoms with Crippen molar-refractivity contribution in [2.24, 2.45) is 5.92 Å².